The van der Waals surface area contributed by atoms with E-state index >= 15 is 0 Å². The van der Waals surface area contributed by atoms with E-state index in [1.165, 1.54) is 19.3 Å². The van der Waals surface area contributed by atoms with Gasteiger partial charge in [-0.05, 0) is 60.9 Å². The average molecular weight is 329 g/mol. The van der Waals surface area contributed by atoms with Gasteiger partial charge in [-0.3, -0.25) is 4.98 Å². The molecule has 1 aliphatic rings. The topological polar surface area (TPSA) is 58.8 Å². The minimum absolute atomic E-state index is 0.224. The van der Waals surface area contributed by atoms with Crippen LogP contribution >= 0.6 is 0 Å². The summed E-state index contributed by atoms with van der Waals surface area (Å²) in [6, 6.07) is 11.9. The van der Waals surface area contributed by atoms with Crippen molar-refractivity contribution in [1.82, 2.24) is 9.97 Å². The van der Waals surface area contributed by atoms with Crippen molar-refractivity contribution in [3.05, 3.63) is 54.5 Å². The lowest BCUT2D eigenvalue weighted by Gasteiger charge is -2.23. The van der Waals surface area contributed by atoms with E-state index in [1.807, 2.05) is 36.5 Å². The molecule has 4 rings (SSSR count). The van der Waals surface area contributed by atoms with E-state index in [0.29, 0.717) is 11.4 Å². The number of ether oxygens (including phenoxy) is 1. The van der Waals surface area contributed by atoms with Crippen molar-refractivity contribution >= 4 is 10.8 Å². The van der Waals surface area contributed by atoms with E-state index in [-0.39, 0.29) is 6.10 Å². The van der Waals surface area contributed by atoms with Crippen LogP contribution in [0.2, 0.25) is 0 Å². The van der Waals surface area contributed by atoms with Crippen LogP contribution in [0.15, 0.2) is 48.9 Å². The molecule has 2 aromatic heterocycles. The summed E-state index contributed by atoms with van der Waals surface area (Å²) in [4.78, 5) is 8.69. The Balaban J connectivity index is 1.82. The van der Waals surface area contributed by atoms with Gasteiger partial charge in [-0.2, -0.15) is 5.26 Å². The Bertz CT molecular complexity index is 925. The van der Waals surface area contributed by atoms with Crippen molar-refractivity contribution in [2.45, 2.75) is 38.2 Å². The highest BCUT2D eigenvalue weighted by Gasteiger charge is 2.18. The summed E-state index contributed by atoms with van der Waals surface area (Å²) in [7, 11) is 0. The predicted molar refractivity (Wildman–Crippen MR) is 97.2 cm³/mol. The minimum Gasteiger partial charge on any atom is -0.474 e. The summed E-state index contributed by atoms with van der Waals surface area (Å²) in [5, 5.41) is 11.2. The van der Waals surface area contributed by atoms with E-state index in [0.717, 1.165) is 34.7 Å². The van der Waals surface area contributed by atoms with Gasteiger partial charge < -0.3 is 4.74 Å². The number of benzene rings is 1. The van der Waals surface area contributed by atoms with Crippen LogP contribution < -0.4 is 4.74 Å². The van der Waals surface area contributed by atoms with Gasteiger partial charge in [-0.15, -0.1) is 0 Å². The molecular weight excluding hydrogens is 310 g/mol. The summed E-state index contributed by atoms with van der Waals surface area (Å²) in [5.41, 5.74) is 2.70. The van der Waals surface area contributed by atoms with E-state index < -0.39 is 0 Å². The lowest BCUT2D eigenvalue weighted by atomic mass is 9.97. The van der Waals surface area contributed by atoms with Crippen molar-refractivity contribution in [3.63, 3.8) is 0 Å². The quantitative estimate of drug-likeness (QED) is 0.687. The van der Waals surface area contributed by atoms with Gasteiger partial charge in [0.15, 0.2) is 0 Å². The molecular formula is C21H19N3O. The third-order valence-corrected chi connectivity index (χ3v) is 4.80. The number of nitriles is 1. The Kier molecular flexibility index (Phi) is 4.30. The molecule has 1 aromatic carbocycles. The first-order chi connectivity index (χ1) is 12.3. The number of rotatable bonds is 3. The van der Waals surface area contributed by atoms with Crippen LogP contribution in [-0.4, -0.2) is 16.1 Å². The fraction of sp³-hybridized carbons (Fsp3) is 0.286. The number of fused-ring (bicyclic) bond motifs is 1. The summed E-state index contributed by atoms with van der Waals surface area (Å²) in [5.74, 6) is 0.636. The Morgan fingerprint density at radius 3 is 2.56 bits per heavy atom. The van der Waals surface area contributed by atoms with Crippen LogP contribution in [0.4, 0.5) is 0 Å². The maximum absolute atomic E-state index is 9.28. The SMILES string of the molecule is N#Cc1ccc2c(-c3ccncc3)cnc(OC3CCCCC3)c2c1. The highest BCUT2D eigenvalue weighted by Crippen LogP contribution is 2.34. The van der Waals surface area contributed by atoms with Crippen LogP contribution in [0.5, 0.6) is 5.88 Å². The van der Waals surface area contributed by atoms with Crippen molar-refractivity contribution < 1.29 is 4.74 Å². The van der Waals surface area contributed by atoms with E-state index in [1.54, 1.807) is 12.4 Å². The summed E-state index contributed by atoms with van der Waals surface area (Å²) < 4.78 is 6.23. The number of pyridine rings is 2. The smallest absolute Gasteiger partial charge is 0.221 e. The van der Waals surface area contributed by atoms with Gasteiger partial charge >= 0.3 is 0 Å². The largest absolute Gasteiger partial charge is 0.474 e. The number of nitrogens with zero attached hydrogens (tertiary/aromatic N) is 3. The van der Waals surface area contributed by atoms with Gasteiger partial charge in [-0.1, -0.05) is 12.5 Å². The first kappa shape index (κ1) is 15.6. The normalized spacial score (nSPS) is 15.0. The van der Waals surface area contributed by atoms with Crippen LogP contribution in [0.1, 0.15) is 37.7 Å². The summed E-state index contributed by atoms with van der Waals surface area (Å²) in [6.45, 7) is 0. The second-order valence-corrected chi connectivity index (χ2v) is 6.46. The van der Waals surface area contributed by atoms with Crippen molar-refractivity contribution in [2.75, 3.05) is 0 Å². The van der Waals surface area contributed by atoms with Crippen LogP contribution in [0.25, 0.3) is 21.9 Å². The lowest BCUT2D eigenvalue weighted by molar-refractivity contribution is 0.151. The number of hydrogen-bond donors (Lipinski definition) is 0. The monoisotopic (exact) mass is 329 g/mol. The van der Waals surface area contributed by atoms with E-state index in [4.69, 9.17) is 4.74 Å². The lowest BCUT2D eigenvalue weighted by Crippen LogP contribution is -2.20. The molecule has 124 valence electrons. The Morgan fingerprint density at radius 1 is 1.00 bits per heavy atom. The standard InChI is InChI=1S/C21H19N3O/c22-13-15-6-7-18-19(12-15)21(25-17-4-2-1-3-5-17)24-14-20(18)16-8-10-23-11-9-16/h6-12,14,17H,1-5H2. The molecule has 0 amide bonds. The van der Waals surface area contributed by atoms with Crippen molar-refractivity contribution in [1.29, 1.82) is 5.26 Å². The summed E-state index contributed by atoms with van der Waals surface area (Å²) >= 11 is 0. The zero-order chi connectivity index (χ0) is 17.1. The van der Waals surface area contributed by atoms with Gasteiger partial charge in [0.05, 0.1) is 11.6 Å². The van der Waals surface area contributed by atoms with Crippen LogP contribution in [-0.2, 0) is 0 Å². The maximum atomic E-state index is 9.28. The Morgan fingerprint density at radius 2 is 1.80 bits per heavy atom. The minimum atomic E-state index is 0.224. The molecule has 0 unspecified atom stereocenters. The third kappa shape index (κ3) is 3.18. The third-order valence-electron chi connectivity index (χ3n) is 4.80. The summed E-state index contributed by atoms with van der Waals surface area (Å²) in [6.07, 6.45) is 11.5. The molecule has 0 saturated heterocycles. The van der Waals surface area contributed by atoms with Crippen LogP contribution in [0.3, 0.4) is 0 Å². The Labute approximate surface area is 147 Å². The second kappa shape index (κ2) is 6.90. The molecule has 1 aliphatic carbocycles. The molecule has 2 heterocycles. The average Bonchev–Trinajstić information content (AvgIpc) is 2.69. The number of aromatic nitrogens is 2. The van der Waals surface area contributed by atoms with Gasteiger partial charge in [0, 0.05) is 29.5 Å². The molecule has 0 radical (unpaired) electrons. The van der Waals surface area contributed by atoms with Crippen molar-refractivity contribution in [3.8, 4) is 23.1 Å². The fourth-order valence-corrected chi connectivity index (χ4v) is 3.48. The first-order valence-electron chi connectivity index (χ1n) is 8.75. The van der Waals surface area contributed by atoms with Gasteiger partial charge in [0.1, 0.15) is 6.10 Å². The molecule has 0 spiro atoms. The predicted octanol–water partition coefficient (Wildman–Crippen LogP) is 4.88. The zero-order valence-electron chi connectivity index (χ0n) is 14.0. The van der Waals surface area contributed by atoms with Gasteiger partial charge in [0.2, 0.25) is 5.88 Å². The molecule has 1 fully saturated rings. The number of hydrogen-bond acceptors (Lipinski definition) is 4. The molecule has 25 heavy (non-hydrogen) atoms. The zero-order valence-corrected chi connectivity index (χ0v) is 14.0. The molecule has 4 nitrogen and oxygen atoms in total. The Hall–Kier alpha value is -2.93. The molecule has 0 atom stereocenters. The molecule has 4 heteroatoms. The highest BCUT2D eigenvalue weighted by atomic mass is 16.5. The van der Waals surface area contributed by atoms with E-state index in [2.05, 4.69) is 16.0 Å². The van der Waals surface area contributed by atoms with Gasteiger partial charge in [0.25, 0.3) is 0 Å². The highest BCUT2D eigenvalue weighted by molar-refractivity contribution is 5.99. The van der Waals surface area contributed by atoms with Crippen molar-refractivity contribution in [2.24, 2.45) is 0 Å². The molecule has 1 saturated carbocycles. The maximum Gasteiger partial charge on any atom is 0.221 e. The fourth-order valence-electron chi connectivity index (χ4n) is 3.48. The second-order valence-electron chi connectivity index (χ2n) is 6.46. The molecule has 0 aliphatic heterocycles. The van der Waals surface area contributed by atoms with Gasteiger partial charge in [-0.25, -0.2) is 4.98 Å². The first-order valence-corrected chi connectivity index (χ1v) is 8.75. The van der Waals surface area contributed by atoms with Crippen LogP contribution in [0, 0.1) is 11.3 Å². The molecule has 3 aromatic rings. The molecule has 0 N–H and O–H groups in total. The van der Waals surface area contributed by atoms with E-state index in [9.17, 15) is 5.26 Å². The molecule has 0 bridgehead atoms.